The van der Waals surface area contributed by atoms with Crippen LogP contribution in [0.4, 0.5) is 11.8 Å². The average Bonchev–Trinajstić information content (AvgIpc) is 3.42. The average molecular weight is 440 g/mol. The Balaban J connectivity index is 1.23. The predicted octanol–water partition coefficient (Wildman–Crippen LogP) is 4.33. The summed E-state index contributed by atoms with van der Waals surface area (Å²) >= 11 is 0. The first-order valence-corrected chi connectivity index (χ1v) is 11.2. The topological polar surface area (TPSA) is 98.7 Å². The number of nitrogens with one attached hydrogen (secondary N) is 3. The number of hydrogen-bond donors (Lipinski definition) is 4. The fourth-order valence-corrected chi connectivity index (χ4v) is 4.28. The first-order chi connectivity index (χ1) is 16.0. The summed E-state index contributed by atoms with van der Waals surface area (Å²) in [5.74, 6) is 1.08. The van der Waals surface area contributed by atoms with E-state index in [4.69, 9.17) is 5.73 Å². The van der Waals surface area contributed by atoms with Crippen LogP contribution in [-0.4, -0.2) is 45.5 Å². The molecule has 0 unspecified atom stereocenters. The number of aromatic amines is 2. The fourth-order valence-electron chi connectivity index (χ4n) is 4.28. The van der Waals surface area contributed by atoms with Crippen molar-refractivity contribution in [2.45, 2.75) is 19.4 Å². The molecule has 0 bridgehead atoms. The molecule has 3 aromatic heterocycles. The van der Waals surface area contributed by atoms with Crippen molar-refractivity contribution in [3.05, 3.63) is 83.3 Å². The van der Waals surface area contributed by atoms with Gasteiger partial charge in [0.25, 0.3) is 0 Å². The summed E-state index contributed by atoms with van der Waals surface area (Å²) in [6.07, 6.45) is 7.44. The summed E-state index contributed by atoms with van der Waals surface area (Å²) < 4.78 is 0. The van der Waals surface area contributed by atoms with Crippen molar-refractivity contribution in [2.75, 3.05) is 31.7 Å². The first-order valence-electron chi connectivity index (χ1n) is 11.2. The molecular weight excluding hydrogens is 410 g/mol. The monoisotopic (exact) mass is 439 g/mol. The van der Waals surface area contributed by atoms with E-state index in [0.717, 1.165) is 36.1 Å². The number of nitrogens with two attached hydrogens (primary N) is 1. The molecule has 0 saturated heterocycles. The standard InChI is InChI=1S/C26H29N7/c1-33(2)16-18-4-6-24-22(13-18)20(14-30-24)8-10-29-26-31-15-21(25(27)32-26)12-17-3-5-23-19(11-17)7-9-28-23/h3-7,9,11,13-15,28,30H,8,10,12,16H2,1-2H3,(H3,27,29,31,32). The van der Waals surface area contributed by atoms with Gasteiger partial charge in [-0.25, -0.2) is 4.98 Å². The summed E-state index contributed by atoms with van der Waals surface area (Å²) in [7, 11) is 4.17. The molecule has 0 amide bonds. The Morgan fingerprint density at radius 2 is 1.82 bits per heavy atom. The molecule has 168 valence electrons. The summed E-state index contributed by atoms with van der Waals surface area (Å²) in [6, 6.07) is 15.0. The minimum atomic E-state index is 0.516. The minimum Gasteiger partial charge on any atom is -0.383 e. The van der Waals surface area contributed by atoms with Crippen LogP contribution in [0.1, 0.15) is 22.3 Å². The van der Waals surface area contributed by atoms with Crippen LogP contribution in [0.15, 0.2) is 61.1 Å². The number of benzene rings is 2. The molecule has 0 aliphatic heterocycles. The van der Waals surface area contributed by atoms with Gasteiger partial charge in [0.05, 0.1) is 0 Å². The number of H-pyrrole nitrogens is 2. The number of nitrogens with zero attached hydrogens (tertiary/aromatic N) is 3. The van der Waals surface area contributed by atoms with E-state index in [1.165, 1.54) is 27.5 Å². The van der Waals surface area contributed by atoms with Gasteiger partial charge in [0, 0.05) is 60.1 Å². The molecular formula is C26H29N7. The van der Waals surface area contributed by atoms with Crippen LogP contribution >= 0.6 is 0 Å². The van der Waals surface area contributed by atoms with Crippen molar-refractivity contribution >= 4 is 33.6 Å². The van der Waals surface area contributed by atoms with E-state index in [9.17, 15) is 0 Å². The molecule has 0 aliphatic carbocycles. The molecule has 33 heavy (non-hydrogen) atoms. The van der Waals surface area contributed by atoms with Gasteiger partial charge in [-0.2, -0.15) is 4.98 Å². The molecule has 0 radical (unpaired) electrons. The lowest BCUT2D eigenvalue weighted by Crippen LogP contribution is -2.11. The molecule has 0 saturated carbocycles. The SMILES string of the molecule is CN(C)Cc1ccc2[nH]cc(CCNc3ncc(Cc4ccc5[nH]ccc5c4)c(N)n3)c2c1. The Hall–Kier alpha value is -3.84. The Morgan fingerprint density at radius 3 is 2.67 bits per heavy atom. The quantitative estimate of drug-likeness (QED) is 0.288. The fraction of sp³-hybridized carbons (Fsp3) is 0.231. The maximum atomic E-state index is 6.25. The number of anilines is 2. The highest BCUT2D eigenvalue weighted by atomic mass is 15.1. The molecule has 2 aromatic carbocycles. The van der Waals surface area contributed by atoms with Crippen molar-refractivity contribution in [2.24, 2.45) is 0 Å². The Kier molecular flexibility index (Phi) is 5.71. The van der Waals surface area contributed by atoms with Gasteiger partial charge in [-0.05, 0) is 72.9 Å². The van der Waals surface area contributed by atoms with Gasteiger partial charge in [-0.15, -0.1) is 0 Å². The van der Waals surface area contributed by atoms with E-state index in [-0.39, 0.29) is 0 Å². The molecule has 0 aliphatic rings. The molecule has 0 fully saturated rings. The van der Waals surface area contributed by atoms with Crippen LogP contribution in [0, 0.1) is 0 Å². The summed E-state index contributed by atoms with van der Waals surface area (Å²) in [4.78, 5) is 17.7. The van der Waals surface area contributed by atoms with Crippen molar-refractivity contribution < 1.29 is 0 Å². The van der Waals surface area contributed by atoms with Crippen LogP contribution in [0.2, 0.25) is 0 Å². The number of fused-ring (bicyclic) bond motifs is 2. The molecule has 5 aromatic rings. The largest absolute Gasteiger partial charge is 0.383 e. The zero-order valence-electron chi connectivity index (χ0n) is 19.0. The molecule has 0 atom stereocenters. The molecule has 3 heterocycles. The van der Waals surface area contributed by atoms with Gasteiger partial charge in [-0.3, -0.25) is 0 Å². The maximum Gasteiger partial charge on any atom is 0.224 e. The zero-order chi connectivity index (χ0) is 22.8. The normalized spacial score (nSPS) is 11.6. The Bertz CT molecular complexity index is 1400. The highest BCUT2D eigenvalue weighted by Crippen LogP contribution is 2.22. The van der Waals surface area contributed by atoms with Gasteiger partial charge in [0.15, 0.2) is 0 Å². The zero-order valence-corrected chi connectivity index (χ0v) is 19.0. The van der Waals surface area contributed by atoms with Crippen LogP contribution in [0.5, 0.6) is 0 Å². The third kappa shape index (κ3) is 4.68. The second-order valence-corrected chi connectivity index (χ2v) is 8.79. The summed E-state index contributed by atoms with van der Waals surface area (Å²) in [5.41, 5.74) is 13.3. The van der Waals surface area contributed by atoms with Crippen LogP contribution in [-0.2, 0) is 19.4 Å². The maximum absolute atomic E-state index is 6.25. The van der Waals surface area contributed by atoms with Gasteiger partial charge in [0.1, 0.15) is 5.82 Å². The smallest absolute Gasteiger partial charge is 0.224 e. The second kappa shape index (κ2) is 8.96. The van der Waals surface area contributed by atoms with Crippen LogP contribution in [0.25, 0.3) is 21.8 Å². The predicted molar refractivity (Wildman–Crippen MR) is 135 cm³/mol. The van der Waals surface area contributed by atoms with E-state index in [0.29, 0.717) is 18.2 Å². The van der Waals surface area contributed by atoms with Gasteiger partial charge in [0.2, 0.25) is 5.95 Å². The van der Waals surface area contributed by atoms with Crippen molar-refractivity contribution in [3.63, 3.8) is 0 Å². The molecule has 0 spiro atoms. The molecule has 5 rings (SSSR count). The number of aromatic nitrogens is 4. The van der Waals surface area contributed by atoms with E-state index in [2.05, 4.69) is 92.9 Å². The highest BCUT2D eigenvalue weighted by Gasteiger charge is 2.08. The number of nitrogen functional groups attached to an aromatic ring is 1. The van der Waals surface area contributed by atoms with E-state index in [1.807, 2.05) is 12.4 Å². The lowest BCUT2D eigenvalue weighted by Gasteiger charge is -2.10. The number of hydrogen-bond acceptors (Lipinski definition) is 5. The third-order valence-electron chi connectivity index (χ3n) is 5.92. The van der Waals surface area contributed by atoms with Crippen molar-refractivity contribution in [1.29, 1.82) is 0 Å². The summed E-state index contributed by atoms with van der Waals surface area (Å²) in [6.45, 7) is 1.66. The molecule has 7 nitrogen and oxygen atoms in total. The minimum absolute atomic E-state index is 0.516. The van der Waals surface area contributed by atoms with Crippen LogP contribution in [0.3, 0.4) is 0 Å². The van der Waals surface area contributed by atoms with E-state index < -0.39 is 0 Å². The van der Waals surface area contributed by atoms with Gasteiger partial charge in [-0.1, -0.05) is 12.1 Å². The molecule has 5 N–H and O–H groups in total. The van der Waals surface area contributed by atoms with Crippen molar-refractivity contribution in [1.82, 2.24) is 24.8 Å². The Labute approximate surface area is 193 Å². The second-order valence-electron chi connectivity index (χ2n) is 8.79. The number of rotatable bonds is 8. The summed E-state index contributed by atoms with van der Waals surface area (Å²) in [5, 5.41) is 5.78. The lowest BCUT2D eigenvalue weighted by molar-refractivity contribution is 0.403. The lowest BCUT2D eigenvalue weighted by atomic mass is 10.1. The highest BCUT2D eigenvalue weighted by molar-refractivity contribution is 5.84. The van der Waals surface area contributed by atoms with Gasteiger partial charge >= 0.3 is 0 Å². The van der Waals surface area contributed by atoms with Crippen LogP contribution < -0.4 is 11.1 Å². The third-order valence-corrected chi connectivity index (χ3v) is 5.92. The van der Waals surface area contributed by atoms with Crippen molar-refractivity contribution in [3.8, 4) is 0 Å². The Morgan fingerprint density at radius 1 is 0.970 bits per heavy atom. The van der Waals surface area contributed by atoms with E-state index in [1.54, 1.807) is 0 Å². The van der Waals surface area contributed by atoms with E-state index >= 15 is 0 Å². The molecule has 7 heteroatoms. The van der Waals surface area contributed by atoms with Gasteiger partial charge < -0.3 is 25.9 Å². The first kappa shape index (κ1) is 21.0.